The summed E-state index contributed by atoms with van der Waals surface area (Å²) in [6, 6.07) is 25.3. The van der Waals surface area contributed by atoms with Crippen LogP contribution < -0.4 is 9.47 Å². The van der Waals surface area contributed by atoms with Gasteiger partial charge in [0.15, 0.2) is 11.5 Å². The van der Waals surface area contributed by atoms with Crippen LogP contribution in [0.25, 0.3) is 16.8 Å². The van der Waals surface area contributed by atoms with E-state index in [2.05, 4.69) is 0 Å². The van der Waals surface area contributed by atoms with Gasteiger partial charge in [-0.1, -0.05) is 83.9 Å². The van der Waals surface area contributed by atoms with Gasteiger partial charge in [0, 0.05) is 0 Å². The summed E-state index contributed by atoms with van der Waals surface area (Å²) in [4.78, 5) is 27.5. The van der Waals surface area contributed by atoms with E-state index in [1.54, 1.807) is 18.2 Å². The number of carbonyl (C=O) groups is 2. The summed E-state index contributed by atoms with van der Waals surface area (Å²) >= 11 is 7.46. The van der Waals surface area contributed by atoms with Gasteiger partial charge in [0.25, 0.3) is 11.1 Å². The van der Waals surface area contributed by atoms with Crippen molar-refractivity contribution in [3.05, 3.63) is 111 Å². The second-order valence-corrected chi connectivity index (χ2v) is 10.1. The van der Waals surface area contributed by atoms with E-state index in [1.807, 2.05) is 73.7 Å². The highest BCUT2D eigenvalue weighted by atomic mass is 35.5. The standard InChI is InChI=1S/C30H24ClNO4S/c1-19-10-12-20(13-11-19)18-36-28-25(31)14-21(15-26(28)35-2)16-27-29(33)32(30(34)37-27)17-23-8-5-7-22-6-3-4-9-24(22)23/h3-16H,17-18H2,1-2H3/b27-16-. The van der Waals surface area contributed by atoms with Crippen molar-refractivity contribution >= 4 is 51.4 Å². The number of imide groups is 1. The lowest BCUT2D eigenvalue weighted by molar-refractivity contribution is -0.123. The summed E-state index contributed by atoms with van der Waals surface area (Å²) in [6.07, 6.45) is 1.66. The smallest absolute Gasteiger partial charge is 0.293 e. The fraction of sp³-hybridized carbons (Fsp3) is 0.133. The number of amides is 2. The number of halogens is 1. The van der Waals surface area contributed by atoms with Crippen molar-refractivity contribution in [3.63, 3.8) is 0 Å². The van der Waals surface area contributed by atoms with Crippen molar-refractivity contribution in [1.82, 2.24) is 4.90 Å². The minimum Gasteiger partial charge on any atom is -0.493 e. The third-order valence-corrected chi connectivity index (χ3v) is 7.32. The summed E-state index contributed by atoms with van der Waals surface area (Å²) in [5.41, 5.74) is 3.74. The summed E-state index contributed by atoms with van der Waals surface area (Å²) in [5, 5.41) is 2.13. The lowest BCUT2D eigenvalue weighted by atomic mass is 10.0. The molecular weight excluding hydrogens is 506 g/mol. The molecule has 37 heavy (non-hydrogen) atoms. The van der Waals surface area contributed by atoms with Gasteiger partial charge in [-0.3, -0.25) is 14.5 Å². The molecule has 0 aliphatic carbocycles. The van der Waals surface area contributed by atoms with E-state index in [0.717, 1.165) is 33.7 Å². The molecule has 0 saturated carbocycles. The Morgan fingerprint density at radius 2 is 1.73 bits per heavy atom. The highest BCUT2D eigenvalue weighted by molar-refractivity contribution is 8.18. The first kappa shape index (κ1) is 24.9. The van der Waals surface area contributed by atoms with Gasteiger partial charge in [-0.15, -0.1) is 0 Å². The summed E-state index contributed by atoms with van der Waals surface area (Å²) in [5.74, 6) is 0.532. The Bertz CT molecular complexity index is 1530. The number of benzene rings is 4. The maximum atomic E-state index is 13.2. The van der Waals surface area contributed by atoms with Gasteiger partial charge in [-0.2, -0.15) is 0 Å². The lowest BCUT2D eigenvalue weighted by Crippen LogP contribution is -2.27. The molecule has 0 spiro atoms. The van der Waals surface area contributed by atoms with Gasteiger partial charge >= 0.3 is 0 Å². The Balaban J connectivity index is 1.36. The number of hydrogen-bond donors (Lipinski definition) is 0. The summed E-state index contributed by atoms with van der Waals surface area (Å²) in [6.45, 7) is 2.57. The minimum atomic E-state index is -0.335. The number of fused-ring (bicyclic) bond motifs is 1. The molecule has 1 heterocycles. The van der Waals surface area contributed by atoms with E-state index in [0.29, 0.717) is 33.6 Å². The molecule has 0 atom stereocenters. The van der Waals surface area contributed by atoms with Gasteiger partial charge in [-0.25, -0.2) is 0 Å². The zero-order valence-electron chi connectivity index (χ0n) is 20.4. The van der Waals surface area contributed by atoms with Gasteiger partial charge in [0.05, 0.1) is 23.6 Å². The van der Waals surface area contributed by atoms with E-state index in [4.69, 9.17) is 21.1 Å². The number of methoxy groups -OCH3 is 1. The molecule has 0 radical (unpaired) electrons. The second kappa shape index (κ2) is 10.7. The van der Waals surface area contributed by atoms with Crippen LogP contribution in [-0.2, 0) is 17.9 Å². The molecule has 2 amide bonds. The molecule has 5 nitrogen and oxygen atoms in total. The highest BCUT2D eigenvalue weighted by Gasteiger charge is 2.35. The Hall–Kier alpha value is -3.74. The van der Waals surface area contributed by atoms with Gasteiger partial charge < -0.3 is 9.47 Å². The number of aryl methyl sites for hydroxylation is 1. The first-order valence-corrected chi connectivity index (χ1v) is 12.9. The number of hydrogen-bond acceptors (Lipinski definition) is 5. The van der Waals surface area contributed by atoms with Crippen molar-refractivity contribution in [2.24, 2.45) is 0 Å². The SMILES string of the molecule is COc1cc(/C=C2\SC(=O)N(Cc3cccc4ccccc34)C2=O)cc(Cl)c1OCc1ccc(C)cc1. The van der Waals surface area contributed by atoms with Gasteiger partial charge in [0.2, 0.25) is 0 Å². The number of carbonyl (C=O) groups excluding carboxylic acids is 2. The maximum Gasteiger partial charge on any atom is 0.293 e. The molecule has 4 aromatic rings. The molecule has 186 valence electrons. The first-order valence-electron chi connectivity index (χ1n) is 11.7. The quantitative estimate of drug-likeness (QED) is 0.230. The largest absolute Gasteiger partial charge is 0.493 e. The molecule has 0 bridgehead atoms. The van der Waals surface area contributed by atoms with Crippen molar-refractivity contribution in [2.45, 2.75) is 20.1 Å². The third kappa shape index (κ3) is 5.36. The van der Waals surface area contributed by atoms with Gasteiger partial charge in [0.1, 0.15) is 6.61 Å². The number of ether oxygens (including phenoxy) is 2. The highest BCUT2D eigenvalue weighted by Crippen LogP contribution is 2.40. The lowest BCUT2D eigenvalue weighted by Gasteiger charge is -2.14. The van der Waals surface area contributed by atoms with Crippen LogP contribution in [-0.4, -0.2) is 23.2 Å². The molecule has 0 unspecified atom stereocenters. The van der Waals surface area contributed by atoms with E-state index in [-0.39, 0.29) is 17.7 Å². The Kier molecular flexibility index (Phi) is 7.22. The fourth-order valence-corrected chi connectivity index (χ4v) is 5.30. The molecule has 4 aromatic carbocycles. The van der Waals surface area contributed by atoms with Crippen LogP contribution in [0, 0.1) is 6.92 Å². The van der Waals surface area contributed by atoms with Crippen molar-refractivity contribution in [1.29, 1.82) is 0 Å². The van der Waals surface area contributed by atoms with E-state index >= 15 is 0 Å². The number of nitrogens with zero attached hydrogens (tertiary/aromatic N) is 1. The van der Waals surface area contributed by atoms with Crippen LogP contribution in [0.3, 0.4) is 0 Å². The van der Waals surface area contributed by atoms with Crippen LogP contribution in [0.2, 0.25) is 5.02 Å². The van der Waals surface area contributed by atoms with Crippen LogP contribution in [0.1, 0.15) is 22.3 Å². The summed E-state index contributed by atoms with van der Waals surface area (Å²) < 4.78 is 11.5. The topological polar surface area (TPSA) is 55.8 Å². The van der Waals surface area contributed by atoms with E-state index in [9.17, 15) is 9.59 Å². The first-order chi connectivity index (χ1) is 17.9. The van der Waals surface area contributed by atoms with Crippen LogP contribution in [0.5, 0.6) is 11.5 Å². The molecule has 1 aliphatic heterocycles. The zero-order chi connectivity index (χ0) is 25.9. The Morgan fingerprint density at radius 1 is 0.973 bits per heavy atom. The third-order valence-electron chi connectivity index (χ3n) is 6.14. The van der Waals surface area contributed by atoms with Crippen molar-refractivity contribution in [3.8, 4) is 11.5 Å². The number of thioether (sulfide) groups is 1. The fourth-order valence-electron chi connectivity index (χ4n) is 4.19. The van der Waals surface area contributed by atoms with E-state index in [1.165, 1.54) is 17.6 Å². The molecule has 1 saturated heterocycles. The van der Waals surface area contributed by atoms with Crippen molar-refractivity contribution in [2.75, 3.05) is 7.11 Å². The Labute approximate surface area is 224 Å². The zero-order valence-corrected chi connectivity index (χ0v) is 21.9. The molecule has 0 aromatic heterocycles. The van der Waals surface area contributed by atoms with Crippen LogP contribution in [0.15, 0.2) is 83.8 Å². The Morgan fingerprint density at radius 3 is 2.51 bits per heavy atom. The normalized spacial score (nSPS) is 14.6. The molecule has 7 heteroatoms. The number of rotatable bonds is 7. The van der Waals surface area contributed by atoms with Crippen LogP contribution in [0.4, 0.5) is 4.79 Å². The molecule has 0 N–H and O–H groups in total. The summed E-state index contributed by atoms with van der Waals surface area (Å²) in [7, 11) is 1.53. The maximum absolute atomic E-state index is 13.2. The van der Waals surface area contributed by atoms with E-state index < -0.39 is 0 Å². The molecule has 1 fully saturated rings. The van der Waals surface area contributed by atoms with Crippen molar-refractivity contribution < 1.29 is 19.1 Å². The average molecular weight is 530 g/mol. The predicted octanol–water partition coefficient (Wildman–Crippen LogP) is 7.63. The van der Waals surface area contributed by atoms with Crippen LogP contribution >= 0.6 is 23.4 Å². The molecule has 5 rings (SSSR count). The minimum absolute atomic E-state index is 0.208. The van der Waals surface area contributed by atoms with Gasteiger partial charge in [-0.05, 0) is 64.4 Å². The predicted molar refractivity (Wildman–Crippen MR) is 149 cm³/mol. The average Bonchev–Trinajstić information content (AvgIpc) is 3.16. The monoisotopic (exact) mass is 529 g/mol. The molecule has 1 aliphatic rings. The second-order valence-electron chi connectivity index (χ2n) is 8.71. The molecular formula is C30H24ClNO4S.